The monoisotopic (exact) mass is 369 g/mol. The van der Waals surface area contributed by atoms with E-state index in [9.17, 15) is 9.59 Å². The Balaban J connectivity index is 1.43. The molecular weight excluding hydrogens is 342 g/mol. The minimum Gasteiger partial charge on any atom is -0.449 e. The molecule has 0 radical (unpaired) electrons. The van der Waals surface area contributed by atoms with Gasteiger partial charge in [0.2, 0.25) is 0 Å². The van der Waals surface area contributed by atoms with Crippen LogP contribution in [-0.4, -0.2) is 46.1 Å². The maximum Gasteiger partial charge on any atom is 0.410 e. The third-order valence-electron chi connectivity index (χ3n) is 7.07. The van der Waals surface area contributed by atoms with Gasteiger partial charge in [-0.15, -0.1) is 0 Å². The van der Waals surface area contributed by atoms with E-state index in [2.05, 4.69) is 10.3 Å². The molecule has 1 N–H and O–H groups in total. The first-order chi connectivity index (χ1) is 13.0. The van der Waals surface area contributed by atoms with Gasteiger partial charge < -0.3 is 15.0 Å². The van der Waals surface area contributed by atoms with Gasteiger partial charge in [0.15, 0.2) is 0 Å². The standard InChI is InChI=1S/C21H27N3O3/c1-14-4-2-5-17(22-14)18(25)23-20-9-15-8-16(10-20)12-21(11-15,13-20)24-6-3-7-27-19(24)26/h2,4-5,15-16H,3,6-13H2,1H3,(H,23,25). The maximum absolute atomic E-state index is 12.9. The lowest BCUT2D eigenvalue weighted by Crippen LogP contribution is -2.71. The number of rotatable bonds is 3. The second kappa shape index (κ2) is 5.94. The fourth-order valence-corrected chi connectivity index (χ4v) is 6.63. The summed E-state index contributed by atoms with van der Waals surface area (Å²) in [5.41, 5.74) is 0.969. The molecule has 0 aromatic carbocycles. The molecule has 6 rings (SSSR count). The van der Waals surface area contributed by atoms with Gasteiger partial charge in [-0.2, -0.15) is 0 Å². The summed E-state index contributed by atoms with van der Waals surface area (Å²) in [5.74, 6) is 1.07. The smallest absolute Gasteiger partial charge is 0.410 e. The normalized spacial score (nSPS) is 37.2. The highest BCUT2D eigenvalue weighted by atomic mass is 16.6. The lowest BCUT2D eigenvalue weighted by atomic mass is 9.49. The molecule has 5 aliphatic rings. The summed E-state index contributed by atoms with van der Waals surface area (Å²) in [6, 6.07) is 5.56. The number of carbonyl (C=O) groups excluding carboxylic acids is 2. The van der Waals surface area contributed by atoms with E-state index in [4.69, 9.17) is 4.74 Å². The predicted molar refractivity (Wildman–Crippen MR) is 99.3 cm³/mol. The van der Waals surface area contributed by atoms with Gasteiger partial charge in [0.05, 0.1) is 6.61 Å². The molecule has 4 saturated carbocycles. The minimum atomic E-state index is -0.218. The highest BCUT2D eigenvalue weighted by Gasteiger charge is 2.61. The molecule has 5 fully saturated rings. The summed E-state index contributed by atoms with van der Waals surface area (Å²) in [4.78, 5) is 31.8. The van der Waals surface area contributed by atoms with Gasteiger partial charge in [0, 0.05) is 23.3 Å². The van der Waals surface area contributed by atoms with E-state index in [0.717, 1.165) is 50.8 Å². The van der Waals surface area contributed by atoms with E-state index >= 15 is 0 Å². The number of aryl methyl sites for hydroxylation is 1. The Hall–Kier alpha value is -2.11. The zero-order valence-electron chi connectivity index (χ0n) is 15.9. The summed E-state index contributed by atoms with van der Waals surface area (Å²) in [6.45, 7) is 3.21. The third kappa shape index (κ3) is 2.80. The largest absolute Gasteiger partial charge is 0.449 e. The number of nitrogens with one attached hydrogen (secondary N) is 1. The van der Waals surface area contributed by atoms with Crippen LogP contribution in [0.2, 0.25) is 0 Å². The van der Waals surface area contributed by atoms with Crippen LogP contribution < -0.4 is 5.32 Å². The summed E-state index contributed by atoms with van der Waals surface area (Å²) >= 11 is 0. The molecular formula is C21H27N3O3. The molecule has 4 aliphatic carbocycles. The number of pyridine rings is 1. The van der Waals surface area contributed by atoms with Crippen LogP contribution in [0.1, 0.15) is 61.1 Å². The van der Waals surface area contributed by atoms with E-state index in [1.165, 1.54) is 6.42 Å². The number of hydrogen-bond donors (Lipinski definition) is 1. The molecule has 2 amide bonds. The summed E-state index contributed by atoms with van der Waals surface area (Å²) in [7, 11) is 0. The summed E-state index contributed by atoms with van der Waals surface area (Å²) < 4.78 is 5.37. The number of aromatic nitrogens is 1. The van der Waals surface area contributed by atoms with Gasteiger partial charge in [-0.3, -0.25) is 4.79 Å². The van der Waals surface area contributed by atoms with Gasteiger partial charge in [-0.05, 0) is 75.8 Å². The van der Waals surface area contributed by atoms with Gasteiger partial charge in [-0.25, -0.2) is 9.78 Å². The van der Waals surface area contributed by atoms with Crippen LogP contribution >= 0.6 is 0 Å². The first kappa shape index (κ1) is 17.0. The summed E-state index contributed by atoms with van der Waals surface area (Å²) in [6.07, 6.45) is 6.96. The SMILES string of the molecule is Cc1cccc(C(=O)NC23CC4CC(C2)CC(N2CCCOC2=O)(C4)C3)n1. The maximum atomic E-state index is 12.9. The van der Waals surface area contributed by atoms with Gasteiger partial charge >= 0.3 is 6.09 Å². The molecule has 1 aliphatic heterocycles. The van der Waals surface area contributed by atoms with Crippen molar-refractivity contribution in [3.63, 3.8) is 0 Å². The van der Waals surface area contributed by atoms with Crippen molar-refractivity contribution in [1.29, 1.82) is 0 Å². The van der Waals surface area contributed by atoms with Crippen LogP contribution in [0, 0.1) is 18.8 Å². The lowest BCUT2D eigenvalue weighted by Gasteiger charge is -2.64. The first-order valence-electron chi connectivity index (χ1n) is 10.2. The second-order valence-corrected chi connectivity index (χ2v) is 9.20. The van der Waals surface area contributed by atoms with E-state index < -0.39 is 0 Å². The molecule has 4 bridgehead atoms. The van der Waals surface area contributed by atoms with Crippen LogP contribution in [0.25, 0.3) is 0 Å². The van der Waals surface area contributed by atoms with E-state index in [1.54, 1.807) is 6.07 Å². The van der Waals surface area contributed by atoms with Gasteiger partial charge in [0.25, 0.3) is 5.91 Å². The molecule has 6 heteroatoms. The highest BCUT2D eigenvalue weighted by Crippen LogP contribution is 2.59. The average molecular weight is 369 g/mol. The minimum absolute atomic E-state index is 0.0861. The molecule has 6 nitrogen and oxygen atoms in total. The van der Waals surface area contributed by atoms with E-state index in [0.29, 0.717) is 24.1 Å². The van der Waals surface area contributed by atoms with E-state index in [1.807, 2.05) is 24.0 Å². The average Bonchev–Trinajstić information content (AvgIpc) is 2.60. The Bertz CT molecular complexity index is 779. The Kier molecular flexibility index (Phi) is 3.75. The number of hydrogen-bond acceptors (Lipinski definition) is 4. The van der Waals surface area contributed by atoms with Crippen molar-refractivity contribution in [2.24, 2.45) is 11.8 Å². The number of ether oxygens (including phenoxy) is 1. The molecule has 0 spiro atoms. The Morgan fingerprint density at radius 3 is 2.74 bits per heavy atom. The zero-order valence-corrected chi connectivity index (χ0v) is 15.9. The Morgan fingerprint density at radius 2 is 2.04 bits per heavy atom. The van der Waals surface area contributed by atoms with Gasteiger partial charge in [-0.1, -0.05) is 6.07 Å². The molecule has 2 unspecified atom stereocenters. The Labute approximate surface area is 159 Å². The van der Waals surface area contributed by atoms with Crippen LogP contribution in [0.3, 0.4) is 0 Å². The van der Waals surface area contributed by atoms with Crippen molar-refractivity contribution >= 4 is 12.0 Å². The highest BCUT2D eigenvalue weighted by molar-refractivity contribution is 5.92. The topological polar surface area (TPSA) is 71.5 Å². The molecule has 1 aromatic heterocycles. The van der Waals surface area contributed by atoms with Crippen LogP contribution in [-0.2, 0) is 4.74 Å². The van der Waals surface area contributed by atoms with Crippen molar-refractivity contribution in [2.75, 3.05) is 13.2 Å². The fraction of sp³-hybridized carbons (Fsp3) is 0.667. The van der Waals surface area contributed by atoms with E-state index in [-0.39, 0.29) is 23.1 Å². The number of cyclic esters (lactones) is 1. The third-order valence-corrected chi connectivity index (χ3v) is 7.07. The van der Waals surface area contributed by atoms with Crippen molar-refractivity contribution in [3.8, 4) is 0 Å². The number of amides is 2. The van der Waals surface area contributed by atoms with Crippen LogP contribution in [0.4, 0.5) is 4.79 Å². The molecule has 1 aromatic rings. The lowest BCUT2D eigenvalue weighted by molar-refractivity contribution is -0.107. The van der Waals surface area contributed by atoms with Crippen molar-refractivity contribution in [2.45, 2.75) is 62.9 Å². The van der Waals surface area contributed by atoms with Crippen LogP contribution in [0.15, 0.2) is 18.2 Å². The zero-order chi connectivity index (χ0) is 18.6. The number of carbonyl (C=O) groups is 2. The molecule has 144 valence electrons. The molecule has 2 atom stereocenters. The van der Waals surface area contributed by atoms with Crippen molar-refractivity contribution < 1.29 is 14.3 Å². The van der Waals surface area contributed by atoms with Crippen molar-refractivity contribution in [1.82, 2.24) is 15.2 Å². The first-order valence-corrected chi connectivity index (χ1v) is 10.2. The number of nitrogens with zero attached hydrogens (tertiary/aromatic N) is 2. The molecule has 1 saturated heterocycles. The van der Waals surface area contributed by atoms with Crippen molar-refractivity contribution in [3.05, 3.63) is 29.6 Å². The quantitative estimate of drug-likeness (QED) is 0.889. The fourth-order valence-electron chi connectivity index (χ4n) is 6.63. The predicted octanol–water partition coefficient (Wildman–Crippen LogP) is 3.05. The molecule has 2 heterocycles. The Morgan fingerprint density at radius 1 is 1.26 bits per heavy atom. The molecule has 27 heavy (non-hydrogen) atoms. The van der Waals surface area contributed by atoms with Gasteiger partial charge in [0.1, 0.15) is 5.69 Å². The summed E-state index contributed by atoms with van der Waals surface area (Å²) in [5, 5.41) is 3.37. The van der Waals surface area contributed by atoms with Crippen LogP contribution in [0.5, 0.6) is 0 Å². The second-order valence-electron chi connectivity index (χ2n) is 9.20.